The van der Waals surface area contributed by atoms with Gasteiger partial charge < -0.3 is 24.0 Å². The molecule has 0 saturated carbocycles. The largest absolute Gasteiger partial charge is 0.497 e. The van der Waals surface area contributed by atoms with Crippen LogP contribution in [-0.4, -0.2) is 54.7 Å². The molecule has 8 heteroatoms. The van der Waals surface area contributed by atoms with Gasteiger partial charge in [0.2, 0.25) is 0 Å². The van der Waals surface area contributed by atoms with Crippen LogP contribution < -0.4 is 9.47 Å². The number of carbonyl (C=O) groups excluding carboxylic acids is 2. The van der Waals surface area contributed by atoms with Crippen LogP contribution in [0.5, 0.6) is 11.5 Å². The van der Waals surface area contributed by atoms with Crippen molar-refractivity contribution in [1.82, 2.24) is 9.80 Å². The summed E-state index contributed by atoms with van der Waals surface area (Å²) in [5, 5.41) is 0. The normalized spacial score (nSPS) is 13.7. The highest BCUT2D eigenvalue weighted by molar-refractivity contribution is 9.10. The van der Waals surface area contributed by atoms with Crippen LogP contribution >= 0.6 is 15.9 Å². The van der Waals surface area contributed by atoms with Gasteiger partial charge >= 0.3 is 6.09 Å². The van der Waals surface area contributed by atoms with E-state index in [1.54, 1.807) is 36.2 Å². The van der Waals surface area contributed by atoms with Crippen LogP contribution in [0.15, 0.2) is 58.7 Å². The maximum absolute atomic E-state index is 13.7. The third-order valence-electron chi connectivity index (χ3n) is 5.28. The minimum Gasteiger partial charge on any atom is -0.497 e. The second-order valence-corrected chi connectivity index (χ2v) is 9.82. The summed E-state index contributed by atoms with van der Waals surface area (Å²) in [4.78, 5) is 29.5. The highest BCUT2D eigenvalue weighted by Crippen LogP contribution is 2.28. The van der Waals surface area contributed by atoms with Crippen molar-refractivity contribution in [2.75, 3.05) is 27.3 Å². The predicted molar refractivity (Wildman–Crippen MR) is 134 cm³/mol. The van der Waals surface area contributed by atoms with Gasteiger partial charge in [-0.15, -0.1) is 0 Å². The van der Waals surface area contributed by atoms with E-state index >= 15 is 0 Å². The Labute approximate surface area is 209 Å². The molecule has 0 aromatic heterocycles. The number of amides is 2. The van der Waals surface area contributed by atoms with Crippen LogP contribution in [0, 0.1) is 0 Å². The van der Waals surface area contributed by atoms with Gasteiger partial charge in [-0.05, 0) is 72.6 Å². The molecule has 0 atom stereocenters. The summed E-state index contributed by atoms with van der Waals surface area (Å²) in [6.07, 6.45) is 2.08. The first kappa shape index (κ1) is 25.6. The summed E-state index contributed by atoms with van der Waals surface area (Å²) >= 11 is 3.50. The summed E-state index contributed by atoms with van der Waals surface area (Å²) in [5.74, 6) is 1.17. The zero-order valence-electron chi connectivity index (χ0n) is 20.3. The van der Waals surface area contributed by atoms with Crippen molar-refractivity contribution in [3.05, 3.63) is 69.8 Å². The molecule has 2 aromatic rings. The maximum Gasteiger partial charge on any atom is 0.410 e. The number of nitrogens with zero attached hydrogens (tertiary/aromatic N) is 2. The van der Waals surface area contributed by atoms with E-state index in [2.05, 4.69) is 15.9 Å². The highest BCUT2D eigenvalue weighted by Gasteiger charge is 2.28. The lowest BCUT2D eigenvalue weighted by Gasteiger charge is -2.33. The Hall–Kier alpha value is -3.00. The lowest BCUT2D eigenvalue weighted by molar-refractivity contribution is 0.0259. The molecule has 182 valence electrons. The molecule has 0 spiro atoms. The zero-order chi connectivity index (χ0) is 24.9. The van der Waals surface area contributed by atoms with Crippen molar-refractivity contribution in [2.24, 2.45) is 0 Å². The van der Waals surface area contributed by atoms with Gasteiger partial charge in [-0.1, -0.05) is 12.1 Å². The molecular formula is C26H31BrN2O5. The summed E-state index contributed by atoms with van der Waals surface area (Å²) in [5.41, 5.74) is 1.72. The van der Waals surface area contributed by atoms with Crippen molar-refractivity contribution < 1.29 is 23.8 Å². The van der Waals surface area contributed by atoms with Crippen LogP contribution in [0.3, 0.4) is 0 Å². The smallest absolute Gasteiger partial charge is 0.410 e. The van der Waals surface area contributed by atoms with Crippen molar-refractivity contribution >= 4 is 27.9 Å². The summed E-state index contributed by atoms with van der Waals surface area (Å²) in [6, 6.07) is 12.9. The molecule has 0 aliphatic carbocycles. The molecule has 0 N–H and O–H groups in total. The molecule has 7 nitrogen and oxygen atoms in total. The Morgan fingerprint density at radius 1 is 1.06 bits per heavy atom. The molecule has 0 unspecified atom stereocenters. The second-order valence-electron chi connectivity index (χ2n) is 8.96. The Kier molecular flexibility index (Phi) is 8.25. The summed E-state index contributed by atoms with van der Waals surface area (Å²) < 4.78 is 17.0. The fourth-order valence-electron chi connectivity index (χ4n) is 3.62. The molecule has 0 radical (unpaired) electrons. The molecular weight excluding hydrogens is 500 g/mol. The van der Waals surface area contributed by atoms with Gasteiger partial charge in [0.15, 0.2) is 0 Å². The lowest BCUT2D eigenvalue weighted by Crippen LogP contribution is -2.41. The van der Waals surface area contributed by atoms with Crippen LogP contribution in [0.25, 0.3) is 0 Å². The van der Waals surface area contributed by atoms with E-state index < -0.39 is 5.60 Å². The predicted octanol–water partition coefficient (Wildman–Crippen LogP) is 5.63. The van der Waals surface area contributed by atoms with Gasteiger partial charge in [0.05, 0.1) is 26.3 Å². The number of hydrogen-bond acceptors (Lipinski definition) is 5. The molecule has 2 aromatic carbocycles. The van der Waals surface area contributed by atoms with Crippen molar-refractivity contribution in [1.29, 1.82) is 0 Å². The molecule has 0 saturated heterocycles. The van der Waals surface area contributed by atoms with E-state index in [-0.39, 0.29) is 12.0 Å². The SMILES string of the molecule is COc1cc(CN(C(=O)c2ccccc2Br)C2=CCN(C(=O)OC(C)(C)C)CC2)cc(OC)c1. The number of methoxy groups -OCH3 is 2. The standard InChI is InChI=1S/C26H31BrN2O5/c1-26(2,3)34-25(31)28-12-10-19(11-13-28)29(24(30)22-8-6-7-9-23(22)27)17-18-14-20(32-4)16-21(15-18)33-5/h6-10,14-16H,11-13,17H2,1-5H3. The number of ether oxygens (including phenoxy) is 3. The molecule has 3 rings (SSSR count). The summed E-state index contributed by atoms with van der Waals surface area (Å²) in [7, 11) is 3.19. The van der Waals surface area contributed by atoms with Crippen LogP contribution in [0.1, 0.15) is 43.1 Å². The molecule has 1 aliphatic heterocycles. The van der Waals surface area contributed by atoms with Crippen molar-refractivity contribution in [2.45, 2.75) is 39.3 Å². The van der Waals surface area contributed by atoms with Crippen LogP contribution in [0.4, 0.5) is 4.79 Å². The van der Waals surface area contributed by atoms with E-state index in [0.29, 0.717) is 43.1 Å². The Morgan fingerprint density at radius 3 is 2.24 bits per heavy atom. The number of benzene rings is 2. The van der Waals surface area contributed by atoms with Gasteiger partial charge in [0.1, 0.15) is 17.1 Å². The average molecular weight is 531 g/mol. The molecule has 2 amide bonds. The van der Waals surface area contributed by atoms with Gasteiger partial charge in [-0.25, -0.2) is 4.79 Å². The summed E-state index contributed by atoms with van der Waals surface area (Å²) in [6.45, 7) is 6.68. The van der Waals surface area contributed by atoms with E-state index in [0.717, 1.165) is 15.7 Å². The zero-order valence-corrected chi connectivity index (χ0v) is 21.8. The fourth-order valence-corrected chi connectivity index (χ4v) is 4.07. The Bertz CT molecular complexity index is 1050. The van der Waals surface area contributed by atoms with Gasteiger partial charge in [-0.2, -0.15) is 0 Å². The van der Waals surface area contributed by atoms with Gasteiger partial charge in [-0.3, -0.25) is 4.79 Å². The van der Waals surface area contributed by atoms with Crippen molar-refractivity contribution in [3.8, 4) is 11.5 Å². The monoisotopic (exact) mass is 530 g/mol. The Balaban J connectivity index is 1.91. The van der Waals surface area contributed by atoms with Crippen molar-refractivity contribution in [3.63, 3.8) is 0 Å². The third kappa shape index (κ3) is 6.53. The minimum absolute atomic E-state index is 0.133. The lowest BCUT2D eigenvalue weighted by atomic mass is 10.1. The minimum atomic E-state index is -0.561. The van der Waals surface area contributed by atoms with E-state index in [9.17, 15) is 9.59 Å². The number of rotatable bonds is 6. The quantitative estimate of drug-likeness (QED) is 0.483. The van der Waals surface area contributed by atoms with Gasteiger partial charge in [0, 0.05) is 35.7 Å². The van der Waals surface area contributed by atoms with E-state index in [4.69, 9.17) is 14.2 Å². The number of hydrogen-bond donors (Lipinski definition) is 0. The highest BCUT2D eigenvalue weighted by atomic mass is 79.9. The first-order valence-corrected chi connectivity index (χ1v) is 11.9. The first-order valence-electron chi connectivity index (χ1n) is 11.1. The first-order chi connectivity index (χ1) is 16.1. The third-order valence-corrected chi connectivity index (χ3v) is 5.98. The van der Waals surface area contributed by atoms with Crippen LogP contribution in [0.2, 0.25) is 0 Å². The molecule has 0 bridgehead atoms. The van der Waals surface area contributed by atoms with E-state index in [1.807, 2.05) is 57.2 Å². The van der Waals surface area contributed by atoms with Gasteiger partial charge in [0.25, 0.3) is 5.91 Å². The molecule has 1 aliphatic rings. The Morgan fingerprint density at radius 2 is 1.71 bits per heavy atom. The molecule has 0 fully saturated rings. The van der Waals surface area contributed by atoms with Crippen LogP contribution in [-0.2, 0) is 11.3 Å². The average Bonchev–Trinajstić information content (AvgIpc) is 2.81. The second kappa shape index (κ2) is 11.0. The number of halogens is 1. The maximum atomic E-state index is 13.7. The van der Waals surface area contributed by atoms with E-state index in [1.165, 1.54) is 0 Å². The fraction of sp³-hybridized carbons (Fsp3) is 0.385. The number of carbonyl (C=O) groups is 2. The topological polar surface area (TPSA) is 68.3 Å². The molecule has 1 heterocycles. The molecule has 34 heavy (non-hydrogen) atoms.